The number of nitrogen functional groups attached to an aromatic ring is 1. The summed E-state index contributed by atoms with van der Waals surface area (Å²) in [5, 5.41) is 11.1. The van der Waals surface area contributed by atoms with Gasteiger partial charge >= 0.3 is 5.69 Å². The van der Waals surface area contributed by atoms with Crippen molar-refractivity contribution >= 4 is 23.3 Å². The smallest absolute Gasteiger partial charge is 0.335 e. The molecule has 0 unspecified atom stereocenters. The minimum atomic E-state index is -0.594. The molecule has 0 bridgehead atoms. The Balaban J connectivity index is 0.000000177. The molecule has 0 radical (unpaired) electrons. The van der Waals surface area contributed by atoms with Crippen molar-refractivity contribution in [2.24, 2.45) is 0 Å². The quantitative estimate of drug-likeness (QED) is 0.257. The van der Waals surface area contributed by atoms with Gasteiger partial charge < -0.3 is 16.4 Å². The minimum absolute atomic E-state index is 0.0304. The van der Waals surface area contributed by atoms with E-state index in [4.69, 9.17) is 5.73 Å². The number of nitrogens with one attached hydrogen (secondary N) is 2. The second-order valence-corrected chi connectivity index (χ2v) is 10.7. The van der Waals surface area contributed by atoms with Gasteiger partial charge in [0.2, 0.25) is 0 Å². The van der Waals surface area contributed by atoms with Crippen LogP contribution in [0.4, 0.5) is 11.5 Å². The van der Waals surface area contributed by atoms with Gasteiger partial charge in [-0.15, -0.1) is 0 Å². The van der Waals surface area contributed by atoms with Crippen LogP contribution in [0.1, 0.15) is 54.7 Å². The molecular formula is C32H36N8O3. The molecule has 11 nitrogen and oxygen atoms in total. The SMILES string of the molecule is CC(C)n1cc(C=O)c(=O)n(-c2ccccc2)c1=O.CNc1ccc(-c2cc(C3CCNCC3)n3ncnc(N)c23)cc1. The lowest BCUT2D eigenvalue weighted by Crippen LogP contribution is -2.40. The molecule has 0 atom stereocenters. The number of nitrogens with zero attached hydrogens (tertiary/aromatic N) is 5. The molecule has 0 saturated carbocycles. The van der Waals surface area contributed by atoms with Crippen LogP contribution in [-0.4, -0.2) is 50.2 Å². The van der Waals surface area contributed by atoms with E-state index >= 15 is 0 Å². The lowest BCUT2D eigenvalue weighted by molar-refractivity contribution is 0.112. The fourth-order valence-corrected chi connectivity index (χ4v) is 5.38. The Kier molecular flexibility index (Phi) is 8.82. The number of nitrogens with two attached hydrogens (primary N) is 1. The number of benzene rings is 2. The number of aldehydes is 1. The predicted molar refractivity (Wildman–Crippen MR) is 169 cm³/mol. The standard InChI is InChI=1S/C18H22N6.C14H14N2O3/c1-20-14-4-2-12(3-5-14)15-10-16(13-6-8-21-9-7-13)24-17(15)18(19)22-11-23-24;1-10(2)15-8-11(9-17)13(18)16(14(15)19)12-6-4-3-5-7-12/h2-5,10-11,13,20-21H,6-9H2,1H3,(H2,19,22,23);3-10H,1-2H3. The van der Waals surface area contributed by atoms with Gasteiger partial charge in [-0.2, -0.15) is 5.10 Å². The van der Waals surface area contributed by atoms with Crippen molar-refractivity contribution < 1.29 is 4.79 Å². The first-order valence-corrected chi connectivity index (χ1v) is 14.3. The topological polar surface area (TPSA) is 141 Å². The van der Waals surface area contributed by atoms with E-state index in [1.807, 2.05) is 25.4 Å². The maximum Gasteiger partial charge on any atom is 0.335 e. The molecule has 5 aromatic rings. The Bertz CT molecular complexity index is 1830. The molecule has 4 N–H and O–H groups in total. The van der Waals surface area contributed by atoms with Crippen LogP contribution in [0.5, 0.6) is 0 Å². The van der Waals surface area contributed by atoms with E-state index in [-0.39, 0.29) is 11.6 Å². The summed E-state index contributed by atoms with van der Waals surface area (Å²) in [6, 6.07) is 19.0. The van der Waals surface area contributed by atoms with Gasteiger partial charge in [0, 0.05) is 42.1 Å². The van der Waals surface area contributed by atoms with Crippen LogP contribution in [-0.2, 0) is 0 Å². The maximum absolute atomic E-state index is 12.3. The summed E-state index contributed by atoms with van der Waals surface area (Å²) in [7, 11) is 1.92. The zero-order valence-electron chi connectivity index (χ0n) is 24.5. The first kappa shape index (κ1) is 29.5. The average Bonchev–Trinajstić information content (AvgIpc) is 3.43. The van der Waals surface area contributed by atoms with Gasteiger partial charge in [0.15, 0.2) is 12.1 Å². The predicted octanol–water partition coefficient (Wildman–Crippen LogP) is 3.88. The van der Waals surface area contributed by atoms with E-state index in [0.717, 1.165) is 52.8 Å². The fourth-order valence-electron chi connectivity index (χ4n) is 5.38. The summed E-state index contributed by atoms with van der Waals surface area (Å²) in [5.74, 6) is 1.02. The highest BCUT2D eigenvalue weighted by molar-refractivity contribution is 5.88. The number of hydrogen-bond donors (Lipinski definition) is 3. The Labute approximate surface area is 249 Å². The highest BCUT2D eigenvalue weighted by atomic mass is 16.2. The molecule has 1 fully saturated rings. The van der Waals surface area contributed by atoms with Gasteiger partial charge in [0.1, 0.15) is 11.8 Å². The van der Waals surface area contributed by atoms with Crippen LogP contribution >= 0.6 is 0 Å². The van der Waals surface area contributed by atoms with Crippen LogP contribution in [0.25, 0.3) is 22.3 Å². The van der Waals surface area contributed by atoms with Gasteiger partial charge in [0.05, 0.1) is 11.3 Å². The second kappa shape index (κ2) is 12.9. The number of rotatable bonds is 6. The number of carbonyl (C=O) groups is 1. The van der Waals surface area contributed by atoms with Crippen LogP contribution in [0.2, 0.25) is 0 Å². The van der Waals surface area contributed by atoms with Gasteiger partial charge in [0.25, 0.3) is 5.56 Å². The lowest BCUT2D eigenvalue weighted by atomic mass is 9.94. The normalized spacial score (nSPS) is 13.5. The van der Waals surface area contributed by atoms with Gasteiger partial charge in [-0.25, -0.2) is 18.9 Å². The number of carbonyl (C=O) groups excluding carboxylic acids is 1. The first-order valence-electron chi connectivity index (χ1n) is 14.3. The summed E-state index contributed by atoms with van der Waals surface area (Å²) in [6.45, 7) is 5.72. The molecule has 2 aromatic carbocycles. The van der Waals surface area contributed by atoms with Crippen molar-refractivity contribution in [3.05, 3.63) is 105 Å². The Morgan fingerprint density at radius 3 is 2.37 bits per heavy atom. The van der Waals surface area contributed by atoms with E-state index in [1.54, 1.807) is 36.7 Å². The highest BCUT2D eigenvalue weighted by Gasteiger charge is 2.23. The fraction of sp³-hybridized carbons (Fsp3) is 0.281. The third kappa shape index (κ3) is 5.98. The van der Waals surface area contributed by atoms with Crippen LogP contribution in [0.15, 0.2) is 82.8 Å². The summed E-state index contributed by atoms with van der Waals surface area (Å²) in [4.78, 5) is 39.6. The molecule has 0 amide bonds. The van der Waals surface area contributed by atoms with Gasteiger partial charge in [-0.05, 0) is 75.7 Å². The van der Waals surface area contributed by atoms with Crippen molar-refractivity contribution in [3.63, 3.8) is 0 Å². The molecule has 222 valence electrons. The maximum atomic E-state index is 12.3. The molecule has 6 rings (SSSR count). The Morgan fingerprint density at radius 2 is 1.74 bits per heavy atom. The van der Waals surface area contributed by atoms with Crippen molar-refractivity contribution in [2.45, 2.75) is 38.6 Å². The van der Waals surface area contributed by atoms with E-state index in [1.165, 1.54) is 16.5 Å². The van der Waals surface area contributed by atoms with Crippen molar-refractivity contribution in [1.29, 1.82) is 0 Å². The summed E-state index contributed by atoms with van der Waals surface area (Å²) < 4.78 is 4.38. The molecule has 43 heavy (non-hydrogen) atoms. The van der Waals surface area contributed by atoms with Crippen molar-refractivity contribution in [3.8, 4) is 16.8 Å². The van der Waals surface area contributed by atoms with Crippen LogP contribution in [0, 0.1) is 0 Å². The molecule has 1 saturated heterocycles. The zero-order chi connectivity index (χ0) is 30.5. The lowest BCUT2D eigenvalue weighted by Gasteiger charge is -2.22. The highest BCUT2D eigenvalue weighted by Crippen LogP contribution is 2.35. The zero-order valence-corrected chi connectivity index (χ0v) is 24.5. The number of hydrogen-bond acceptors (Lipinski definition) is 8. The minimum Gasteiger partial charge on any atom is -0.388 e. The number of anilines is 2. The second-order valence-electron chi connectivity index (χ2n) is 10.7. The monoisotopic (exact) mass is 580 g/mol. The molecule has 1 aliphatic heterocycles. The average molecular weight is 581 g/mol. The molecule has 4 heterocycles. The molecule has 3 aromatic heterocycles. The van der Waals surface area contributed by atoms with E-state index in [9.17, 15) is 14.4 Å². The van der Waals surface area contributed by atoms with Crippen LogP contribution < -0.4 is 27.6 Å². The number of aromatic nitrogens is 5. The van der Waals surface area contributed by atoms with E-state index < -0.39 is 11.2 Å². The number of fused-ring (bicyclic) bond motifs is 1. The molecule has 1 aliphatic rings. The molecular weight excluding hydrogens is 544 g/mol. The first-order chi connectivity index (χ1) is 20.8. The molecule has 11 heteroatoms. The third-order valence-electron chi connectivity index (χ3n) is 7.69. The summed E-state index contributed by atoms with van der Waals surface area (Å²) in [6.07, 6.45) is 5.56. The van der Waals surface area contributed by atoms with E-state index in [0.29, 0.717) is 23.7 Å². The van der Waals surface area contributed by atoms with Crippen molar-refractivity contribution in [1.82, 2.24) is 29.0 Å². The Morgan fingerprint density at radius 1 is 1.05 bits per heavy atom. The van der Waals surface area contributed by atoms with Gasteiger partial charge in [-0.1, -0.05) is 30.3 Å². The van der Waals surface area contributed by atoms with E-state index in [2.05, 4.69) is 51.0 Å². The van der Waals surface area contributed by atoms with Crippen LogP contribution in [0.3, 0.4) is 0 Å². The summed E-state index contributed by atoms with van der Waals surface area (Å²) >= 11 is 0. The Hall–Kier alpha value is -5.03. The molecule has 0 spiro atoms. The number of piperidine rings is 1. The summed E-state index contributed by atoms with van der Waals surface area (Å²) in [5.41, 5.74) is 11.0. The third-order valence-corrected chi connectivity index (χ3v) is 7.69. The molecule has 0 aliphatic carbocycles. The number of para-hydroxylation sites is 1. The largest absolute Gasteiger partial charge is 0.388 e. The van der Waals surface area contributed by atoms with Gasteiger partial charge in [-0.3, -0.25) is 14.2 Å². The van der Waals surface area contributed by atoms with Crippen molar-refractivity contribution in [2.75, 3.05) is 31.2 Å².